The van der Waals surface area contributed by atoms with Gasteiger partial charge in [-0.15, -0.1) is 0 Å². The molecule has 0 aromatic heterocycles. The Balaban J connectivity index is 2.27. The highest BCUT2D eigenvalue weighted by atomic mass is 79.9. The van der Waals surface area contributed by atoms with Crippen LogP contribution in [0.5, 0.6) is 0 Å². The molecule has 0 saturated carbocycles. The molecule has 1 aromatic rings. The Hall–Kier alpha value is -0.860. The van der Waals surface area contributed by atoms with E-state index in [2.05, 4.69) is 59.3 Å². The lowest BCUT2D eigenvalue weighted by atomic mass is 9.92. The second kappa shape index (κ2) is 4.98. The molecule has 0 heterocycles. The van der Waals surface area contributed by atoms with Crippen molar-refractivity contribution in [3.63, 3.8) is 0 Å². The largest absolute Gasteiger partial charge is 0.396 e. The van der Waals surface area contributed by atoms with Gasteiger partial charge in [-0.3, -0.25) is 0 Å². The summed E-state index contributed by atoms with van der Waals surface area (Å²) >= 11 is 3.47. The predicted octanol–water partition coefficient (Wildman–Crippen LogP) is 3.71. The average Bonchev–Trinajstić information content (AvgIpc) is 2.29. The number of allylic oxidation sites excluding steroid dienone is 3. The van der Waals surface area contributed by atoms with Crippen molar-refractivity contribution >= 4 is 21.5 Å². The van der Waals surface area contributed by atoms with E-state index in [0.717, 1.165) is 10.9 Å². The molecule has 1 atom stereocenters. The molecule has 0 aliphatic heterocycles. The molecule has 0 amide bonds. The minimum atomic E-state index is 0.236. The van der Waals surface area contributed by atoms with Crippen molar-refractivity contribution in [2.24, 2.45) is 5.92 Å². The second-order valence-electron chi connectivity index (χ2n) is 4.16. The summed E-state index contributed by atoms with van der Waals surface area (Å²) in [6, 6.07) is 6.33. The number of aryl methyl sites for hydroxylation is 1. The fourth-order valence-electron chi connectivity index (χ4n) is 1.95. The van der Waals surface area contributed by atoms with Crippen molar-refractivity contribution in [2.45, 2.75) is 13.3 Å². The van der Waals surface area contributed by atoms with E-state index >= 15 is 0 Å². The molecular formula is C14H15BrO. The van der Waals surface area contributed by atoms with E-state index in [1.807, 2.05) is 0 Å². The first-order chi connectivity index (χ1) is 7.70. The zero-order valence-corrected chi connectivity index (χ0v) is 10.9. The van der Waals surface area contributed by atoms with Crippen LogP contribution in [0.15, 0.2) is 40.9 Å². The average molecular weight is 279 g/mol. The summed E-state index contributed by atoms with van der Waals surface area (Å²) in [6.45, 7) is 2.35. The zero-order valence-electron chi connectivity index (χ0n) is 9.28. The normalized spacial score (nSPS) is 19.7. The Bertz CT molecular complexity index is 446. The molecule has 0 spiro atoms. The summed E-state index contributed by atoms with van der Waals surface area (Å²) in [5, 5.41) is 9.05. The lowest BCUT2D eigenvalue weighted by Gasteiger charge is -2.15. The van der Waals surface area contributed by atoms with Gasteiger partial charge in [0, 0.05) is 17.0 Å². The molecule has 0 fully saturated rings. The summed E-state index contributed by atoms with van der Waals surface area (Å²) in [5.74, 6) is 0.291. The summed E-state index contributed by atoms with van der Waals surface area (Å²) in [4.78, 5) is 0. The number of hydrogen-bond donors (Lipinski definition) is 1. The van der Waals surface area contributed by atoms with Crippen LogP contribution >= 0.6 is 15.9 Å². The van der Waals surface area contributed by atoms with E-state index < -0.39 is 0 Å². The maximum Gasteiger partial charge on any atom is 0.0496 e. The van der Waals surface area contributed by atoms with Gasteiger partial charge in [0.2, 0.25) is 0 Å². The van der Waals surface area contributed by atoms with Crippen molar-refractivity contribution in [1.29, 1.82) is 0 Å². The smallest absolute Gasteiger partial charge is 0.0496 e. The van der Waals surface area contributed by atoms with Gasteiger partial charge in [0.05, 0.1) is 0 Å². The van der Waals surface area contributed by atoms with Crippen molar-refractivity contribution in [2.75, 3.05) is 6.61 Å². The summed E-state index contributed by atoms with van der Waals surface area (Å²) < 4.78 is 1.11. The molecule has 84 valence electrons. The maximum atomic E-state index is 9.05. The predicted molar refractivity (Wildman–Crippen MR) is 71.2 cm³/mol. The molecule has 1 aliphatic rings. The number of aliphatic hydroxyl groups excluding tert-OH is 1. The fraction of sp³-hybridized carbons (Fsp3) is 0.286. The quantitative estimate of drug-likeness (QED) is 0.875. The monoisotopic (exact) mass is 278 g/mol. The standard InChI is InChI=1S/C14H15BrO/c1-10-8-13(15)6-7-14(10)12-4-2-11(9-16)3-5-12/h2,4-8,11,16H,3,9H2,1H3. The van der Waals surface area contributed by atoms with Crippen LogP contribution < -0.4 is 0 Å². The van der Waals surface area contributed by atoms with Gasteiger partial charge in [-0.2, -0.15) is 0 Å². The van der Waals surface area contributed by atoms with Crippen LogP contribution in [0.4, 0.5) is 0 Å². The molecule has 1 aromatic carbocycles. The van der Waals surface area contributed by atoms with Crippen molar-refractivity contribution in [3.8, 4) is 0 Å². The minimum Gasteiger partial charge on any atom is -0.396 e. The molecule has 1 aliphatic carbocycles. The van der Waals surface area contributed by atoms with Gasteiger partial charge in [0.15, 0.2) is 0 Å². The Kier molecular flexibility index (Phi) is 3.62. The summed E-state index contributed by atoms with van der Waals surface area (Å²) in [5.41, 5.74) is 3.80. The Morgan fingerprint density at radius 1 is 1.44 bits per heavy atom. The van der Waals surface area contributed by atoms with Gasteiger partial charge in [-0.25, -0.2) is 0 Å². The second-order valence-corrected chi connectivity index (χ2v) is 5.07. The zero-order chi connectivity index (χ0) is 11.5. The summed E-state index contributed by atoms with van der Waals surface area (Å²) in [6.07, 6.45) is 7.34. The Labute approximate surface area is 105 Å². The van der Waals surface area contributed by atoms with Crippen LogP contribution in [-0.2, 0) is 0 Å². The van der Waals surface area contributed by atoms with Crippen LogP contribution in [0.25, 0.3) is 5.57 Å². The molecule has 2 rings (SSSR count). The first-order valence-corrected chi connectivity index (χ1v) is 6.26. The first-order valence-electron chi connectivity index (χ1n) is 5.46. The number of rotatable bonds is 2. The number of aliphatic hydroxyl groups is 1. The lowest BCUT2D eigenvalue weighted by molar-refractivity contribution is 0.253. The van der Waals surface area contributed by atoms with E-state index in [9.17, 15) is 0 Å². The van der Waals surface area contributed by atoms with E-state index in [1.54, 1.807) is 0 Å². The van der Waals surface area contributed by atoms with E-state index in [1.165, 1.54) is 16.7 Å². The Morgan fingerprint density at radius 2 is 2.25 bits per heavy atom. The summed E-state index contributed by atoms with van der Waals surface area (Å²) in [7, 11) is 0. The molecule has 0 saturated heterocycles. The molecule has 0 radical (unpaired) electrons. The number of hydrogen-bond acceptors (Lipinski definition) is 1. The first kappa shape index (κ1) is 11.6. The SMILES string of the molecule is Cc1cc(Br)ccc1C1=CCC(CO)C=C1. The third-order valence-corrected chi connectivity index (χ3v) is 3.42. The van der Waals surface area contributed by atoms with E-state index in [4.69, 9.17) is 5.11 Å². The fourth-order valence-corrected chi connectivity index (χ4v) is 2.43. The molecule has 1 nitrogen and oxygen atoms in total. The van der Waals surface area contributed by atoms with Gasteiger partial charge in [-0.1, -0.05) is 40.2 Å². The van der Waals surface area contributed by atoms with Gasteiger partial charge in [0.25, 0.3) is 0 Å². The van der Waals surface area contributed by atoms with Crippen LogP contribution in [0, 0.1) is 12.8 Å². The third-order valence-electron chi connectivity index (χ3n) is 2.92. The van der Waals surface area contributed by atoms with E-state index in [-0.39, 0.29) is 6.61 Å². The van der Waals surface area contributed by atoms with Crippen LogP contribution in [0.1, 0.15) is 17.5 Å². The topological polar surface area (TPSA) is 20.2 Å². The Morgan fingerprint density at radius 3 is 2.81 bits per heavy atom. The molecular weight excluding hydrogens is 264 g/mol. The van der Waals surface area contributed by atoms with Gasteiger partial charge < -0.3 is 5.11 Å². The molecule has 2 heteroatoms. The minimum absolute atomic E-state index is 0.236. The van der Waals surface area contributed by atoms with Crippen LogP contribution in [0.2, 0.25) is 0 Å². The maximum absolute atomic E-state index is 9.05. The molecule has 1 unspecified atom stereocenters. The molecule has 16 heavy (non-hydrogen) atoms. The highest BCUT2D eigenvalue weighted by molar-refractivity contribution is 9.10. The molecule has 1 N–H and O–H groups in total. The van der Waals surface area contributed by atoms with Crippen molar-refractivity contribution in [1.82, 2.24) is 0 Å². The van der Waals surface area contributed by atoms with Crippen LogP contribution in [-0.4, -0.2) is 11.7 Å². The number of benzene rings is 1. The third kappa shape index (κ3) is 2.45. The van der Waals surface area contributed by atoms with Crippen molar-refractivity contribution in [3.05, 3.63) is 52.0 Å². The van der Waals surface area contributed by atoms with Gasteiger partial charge in [-0.05, 0) is 42.2 Å². The van der Waals surface area contributed by atoms with Crippen LogP contribution in [0.3, 0.4) is 0 Å². The highest BCUT2D eigenvalue weighted by Crippen LogP contribution is 2.27. The lowest BCUT2D eigenvalue weighted by Crippen LogP contribution is -2.04. The van der Waals surface area contributed by atoms with E-state index in [0.29, 0.717) is 5.92 Å². The highest BCUT2D eigenvalue weighted by Gasteiger charge is 2.10. The molecule has 0 bridgehead atoms. The van der Waals surface area contributed by atoms with Gasteiger partial charge >= 0.3 is 0 Å². The van der Waals surface area contributed by atoms with Gasteiger partial charge in [0.1, 0.15) is 0 Å². The number of halogens is 1. The van der Waals surface area contributed by atoms with Crippen molar-refractivity contribution < 1.29 is 5.11 Å².